The standard InChI is InChI=1S/C18H24N4O3S/c1-3-20(4-2)11-12-21(14-15-8-7-13-26-15)18(23)19-16-9-5-6-10-17(16)22(24)25/h5-10,13H,3-4,11-12,14H2,1-2H3,(H,19,23). The lowest BCUT2D eigenvalue weighted by Crippen LogP contribution is -2.40. The minimum absolute atomic E-state index is 0.110. The van der Waals surface area contributed by atoms with Crippen molar-refractivity contribution in [2.24, 2.45) is 0 Å². The van der Waals surface area contributed by atoms with Crippen LogP contribution in [0.5, 0.6) is 0 Å². The van der Waals surface area contributed by atoms with Gasteiger partial charge in [-0.05, 0) is 30.6 Å². The zero-order valence-electron chi connectivity index (χ0n) is 15.1. The molecule has 1 aromatic heterocycles. The van der Waals surface area contributed by atoms with Crippen LogP contribution < -0.4 is 5.32 Å². The summed E-state index contributed by atoms with van der Waals surface area (Å²) in [6.07, 6.45) is 0. The third-order valence-corrected chi connectivity index (χ3v) is 5.00. The minimum Gasteiger partial charge on any atom is -0.318 e. The summed E-state index contributed by atoms with van der Waals surface area (Å²) in [6, 6.07) is 9.77. The highest BCUT2D eigenvalue weighted by Gasteiger charge is 2.20. The molecule has 0 bridgehead atoms. The molecule has 2 aromatic rings. The topological polar surface area (TPSA) is 78.7 Å². The van der Waals surface area contributed by atoms with E-state index < -0.39 is 4.92 Å². The number of rotatable bonds is 9. The number of hydrogen-bond acceptors (Lipinski definition) is 5. The first kappa shape index (κ1) is 19.9. The molecule has 0 aliphatic heterocycles. The smallest absolute Gasteiger partial charge is 0.318 e. The summed E-state index contributed by atoms with van der Waals surface area (Å²) in [5.41, 5.74) is 0.0992. The molecule has 0 atom stereocenters. The van der Waals surface area contributed by atoms with Crippen molar-refractivity contribution < 1.29 is 9.72 Å². The molecule has 1 N–H and O–H groups in total. The summed E-state index contributed by atoms with van der Waals surface area (Å²) in [5.74, 6) is 0. The third-order valence-electron chi connectivity index (χ3n) is 4.14. The SMILES string of the molecule is CCN(CC)CCN(Cc1cccs1)C(=O)Nc1ccccc1[N+](=O)[O-]. The molecule has 0 aliphatic rings. The molecular formula is C18H24N4O3S. The Kier molecular flexibility index (Phi) is 7.55. The zero-order chi connectivity index (χ0) is 18.9. The van der Waals surface area contributed by atoms with Gasteiger partial charge in [-0.2, -0.15) is 0 Å². The first-order valence-electron chi connectivity index (χ1n) is 8.59. The van der Waals surface area contributed by atoms with Gasteiger partial charge < -0.3 is 15.1 Å². The van der Waals surface area contributed by atoms with E-state index in [1.54, 1.807) is 34.4 Å². The van der Waals surface area contributed by atoms with Gasteiger partial charge in [-0.1, -0.05) is 32.0 Å². The highest BCUT2D eigenvalue weighted by Crippen LogP contribution is 2.24. The number of amides is 2. The molecule has 0 saturated heterocycles. The first-order chi connectivity index (χ1) is 12.5. The van der Waals surface area contributed by atoms with Crippen LogP contribution in [-0.2, 0) is 6.54 Å². The molecule has 0 saturated carbocycles. The number of nitro benzene ring substituents is 1. The van der Waals surface area contributed by atoms with Crippen LogP contribution in [0.3, 0.4) is 0 Å². The molecule has 26 heavy (non-hydrogen) atoms. The molecule has 0 fully saturated rings. The second-order valence-corrected chi connectivity index (χ2v) is 6.76. The highest BCUT2D eigenvalue weighted by molar-refractivity contribution is 7.09. The molecule has 0 aliphatic carbocycles. The van der Waals surface area contributed by atoms with E-state index in [2.05, 4.69) is 24.1 Å². The minimum atomic E-state index is -0.491. The normalized spacial score (nSPS) is 10.7. The average Bonchev–Trinajstić information content (AvgIpc) is 3.15. The second-order valence-electron chi connectivity index (χ2n) is 5.73. The maximum Gasteiger partial charge on any atom is 0.322 e. The van der Waals surface area contributed by atoms with E-state index in [9.17, 15) is 14.9 Å². The molecule has 0 unspecified atom stereocenters. The molecule has 1 aromatic carbocycles. The first-order valence-corrected chi connectivity index (χ1v) is 9.47. The zero-order valence-corrected chi connectivity index (χ0v) is 15.9. The summed E-state index contributed by atoms with van der Waals surface area (Å²) in [5, 5.41) is 15.8. The maximum atomic E-state index is 12.8. The van der Waals surface area contributed by atoms with Gasteiger partial charge in [0.25, 0.3) is 5.69 Å². The van der Waals surface area contributed by atoms with Crippen molar-refractivity contribution in [1.82, 2.24) is 9.80 Å². The Labute approximate surface area is 157 Å². The van der Waals surface area contributed by atoms with Gasteiger partial charge in [-0.25, -0.2) is 4.79 Å². The van der Waals surface area contributed by atoms with Crippen molar-refractivity contribution in [2.45, 2.75) is 20.4 Å². The van der Waals surface area contributed by atoms with Crippen LogP contribution in [-0.4, -0.2) is 46.9 Å². The number of hydrogen-bond donors (Lipinski definition) is 1. The number of likely N-dealkylation sites (N-methyl/N-ethyl adjacent to an activating group) is 1. The van der Waals surface area contributed by atoms with Gasteiger partial charge in [0, 0.05) is 24.0 Å². The van der Waals surface area contributed by atoms with Gasteiger partial charge in [-0.3, -0.25) is 10.1 Å². The van der Waals surface area contributed by atoms with Crippen LogP contribution in [0.2, 0.25) is 0 Å². The molecule has 0 spiro atoms. The molecule has 0 radical (unpaired) electrons. The van der Waals surface area contributed by atoms with Crippen LogP contribution in [0, 0.1) is 10.1 Å². The van der Waals surface area contributed by atoms with Crippen molar-refractivity contribution in [3.8, 4) is 0 Å². The predicted octanol–water partition coefficient (Wildman–Crippen LogP) is 4.03. The number of benzene rings is 1. The fourth-order valence-corrected chi connectivity index (χ4v) is 3.30. The number of thiophene rings is 1. The summed E-state index contributed by atoms with van der Waals surface area (Å²) in [4.78, 5) is 28.5. The summed E-state index contributed by atoms with van der Waals surface area (Å²) < 4.78 is 0. The van der Waals surface area contributed by atoms with Gasteiger partial charge in [0.2, 0.25) is 0 Å². The summed E-state index contributed by atoms with van der Waals surface area (Å²) in [6.45, 7) is 7.77. The van der Waals surface area contributed by atoms with Gasteiger partial charge >= 0.3 is 6.03 Å². The van der Waals surface area contributed by atoms with E-state index in [0.717, 1.165) is 24.5 Å². The van der Waals surface area contributed by atoms with E-state index in [-0.39, 0.29) is 17.4 Å². The Balaban J connectivity index is 2.12. The van der Waals surface area contributed by atoms with E-state index in [0.29, 0.717) is 13.1 Å². The Morgan fingerprint density at radius 1 is 1.15 bits per heavy atom. The Bertz CT molecular complexity index is 717. The summed E-state index contributed by atoms with van der Waals surface area (Å²) >= 11 is 1.59. The predicted molar refractivity (Wildman–Crippen MR) is 105 cm³/mol. The number of anilines is 1. The van der Waals surface area contributed by atoms with Crippen LogP contribution in [0.1, 0.15) is 18.7 Å². The van der Waals surface area contributed by atoms with Crippen LogP contribution in [0.25, 0.3) is 0 Å². The number of urea groups is 1. The van der Waals surface area contributed by atoms with Crippen LogP contribution >= 0.6 is 11.3 Å². The van der Waals surface area contributed by atoms with E-state index in [4.69, 9.17) is 0 Å². The second kappa shape index (κ2) is 9.88. The van der Waals surface area contributed by atoms with E-state index in [1.807, 2.05) is 17.5 Å². The summed E-state index contributed by atoms with van der Waals surface area (Å²) in [7, 11) is 0. The van der Waals surface area contributed by atoms with Crippen molar-refractivity contribution in [1.29, 1.82) is 0 Å². The van der Waals surface area contributed by atoms with Crippen LogP contribution in [0.15, 0.2) is 41.8 Å². The van der Waals surface area contributed by atoms with Gasteiger partial charge in [0.15, 0.2) is 0 Å². The molecule has 140 valence electrons. The van der Waals surface area contributed by atoms with Crippen LogP contribution in [0.4, 0.5) is 16.2 Å². The Morgan fingerprint density at radius 3 is 2.50 bits per heavy atom. The third kappa shape index (κ3) is 5.53. The fourth-order valence-electron chi connectivity index (χ4n) is 2.58. The van der Waals surface area contributed by atoms with Crippen molar-refractivity contribution in [2.75, 3.05) is 31.5 Å². The molecule has 8 heteroatoms. The number of carbonyl (C=O) groups is 1. The van der Waals surface area contributed by atoms with Gasteiger partial charge in [-0.15, -0.1) is 11.3 Å². The molecule has 1 heterocycles. The fraction of sp³-hybridized carbons (Fsp3) is 0.389. The average molecular weight is 376 g/mol. The largest absolute Gasteiger partial charge is 0.322 e. The molecule has 2 amide bonds. The molecule has 2 rings (SSSR count). The van der Waals surface area contributed by atoms with Crippen molar-refractivity contribution >= 4 is 28.7 Å². The Morgan fingerprint density at radius 2 is 1.88 bits per heavy atom. The lowest BCUT2D eigenvalue weighted by molar-refractivity contribution is -0.383. The number of carbonyl (C=O) groups excluding carboxylic acids is 1. The van der Waals surface area contributed by atoms with Gasteiger partial charge in [0.05, 0.1) is 11.5 Å². The van der Waals surface area contributed by atoms with Crippen molar-refractivity contribution in [3.05, 3.63) is 56.8 Å². The van der Waals surface area contributed by atoms with Gasteiger partial charge in [0.1, 0.15) is 5.69 Å². The quantitative estimate of drug-likeness (QED) is 0.529. The number of nitrogens with zero attached hydrogens (tertiary/aromatic N) is 3. The highest BCUT2D eigenvalue weighted by atomic mass is 32.1. The lowest BCUT2D eigenvalue weighted by atomic mass is 10.2. The monoisotopic (exact) mass is 376 g/mol. The van der Waals surface area contributed by atoms with E-state index in [1.165, 1.54) is 6.07 Å². The number of nitrogens with one attached hydrogen (secondary N) is 1. The molecular weight excluding hydrogens is 352 g/mol. The number of para-hydroxylation sites is 2. The lowest BCUT2D eigenvalue weighted by Gasteiger charge is -2.26. The number of nitro groups is 1. The molecule has 7 nitrogen and oxygen atoms in total. The Hall–Kier alpha value is -2.45. The maximum absolute atomic E-state index is 12.8. The van der Waals surface area contributed by atoms with E-state index >= 15 is 0 Å². The van der Waals surface area contributed by atoms with Crippen molar-refractivity contribution in [3.63, 3.8) is 0 Å².